The number of hydrogen-bond donors (Lipinski definition) is 1. The first kappa shape index (κ1) is 20.4. The molecule has 0 atom stereocenters. The third-order valence-electron chi connectivity index (χ3n) is 4.79. The summed E-state index contributed by atoms with van der Waals surface area (Å²) in [6, 6.07) is 22.8. The Morgan fingerprint density at radius 1 is 0.871 bits per heavy atom. The maximum Gasteiger partial charge on any atom is 0.366 e. The SMILES string of the molecule is CN(C)NC(=O)N(OC(=O)Cc1ccccc1)C1c2ccccc2Oc2ccccc21. The molecule has 0 saturated heterocycles. The first-order valence-corrected chi connectivity index (χ1v) is 9.90. The highest BCUT2D eigenvalue weighted by atomic mass is 16.7. The Bertz CT molecular complexity index is 1040. The van der Waals surface area contributed by atoms with Crippen LogP contribution in [0.2, 0.25) is 0 Å². The van der Waals surface area contributed by atoms with Gasteiger partial charge in [-0.2, -0.15) is 0 Å². The first-order chi connectivity index (χ1) is 15.0. The lowest BCUT2D eigenvalue weighted by atomic mass is 9.94. The number of nitrogens with zero attached hydrogens (tertiary/aromatic N) is 2. The number of carbonyl (C=O) groups excluding carboxylic acids is 2. The maximum absolute atomic E-state index is 13.1. The Kier molecular flexibility index (Phi) is 5.86. The Morgan fingerprint density at radius 2 is 1.42 bits per heavy atom. The van der Waals surface area contributed by atoms with E-state index >= 15 is 0 Å². The van der Waals surface area contributed by atoms with Crippen molar-refractivity contribution in [3.63, 3.8) is 0 Å². The van der Waals surface area contributed by atoms with Crippen LogP contribution in [0.25, 0.3) is 0 Å². The zero-order valence-corrected chi connectivity index (χ0v) is 17.3. The number of nitrogens with one attached hydrogen (secondary N) is 1. The number of carbonyl (C=O) groups is 2. The van der Waals surface area contributed by atoms with Crippen molar-refractivity contribution in [1.82, 2.24) is 15.5 Å². The van der Waals surface area contributed by atoms with Gasteiger partial charge in [-0.1, -0.05) is 66.7 Å². The predicted octanol–water partition coefficient (Wildman–Crippen LogP) is 4.07. The average molecular weight is 417 g/mol. The molecule has 2 amide bonds. The largest absolute Gasteiger partial charge is 0.457 e. The van der Waals surface area contributed by atoms with Crippen LogP contribution in [-0.4, -0.2) is 36.2 Å². The van der Waals surface area contributed by atoms with Crippen LogP contribution in [-0.2, 0) is 16.1 Å². The van der Waals surface area contributed by atoms with Crippen molar-refractivity contribution in [3.8, 4) is 11.5 Å². The van der Waals surface area contributed by atoms with Gasteiger partial charge in [-0.05, 0) is 17.7 Å². The Labute approximate surface area is 180 Å². The van der Waals surface area contributed by atoms with Crippen LogP contribution < -0.4 is 10.2 Å². The van der Waals surface area contributed by atoms with Crippen molar-refractivity contribution in [2.45, 2.75) is 12.5 Å². The molecule has 0 saturated carbocycles. The van der Waals surface area contributed by atoms with E-state index < -0.39 is 18.0 Å². The van der Waals surface area contributed by atoms with E-state index in [2.05, 4.69) is 5.43 Å². The highest BCUT2D eigenvalue weighted by Gasteiger charge is 2.37. The quantitative estimate of drug-likeness (QED) is 0.648. The number of rotatable bonds is 4. The van der Waals surface area contributed by atoms with Gasteiger partial charge in [-0.3, -0.25) is 5.43 Å². The summed E-state index contributed by atoms with van der Waals surface area (Å²) in [6.07, 6.45) is 0.0408. The normalized spacial score (nSPS) is 12.4. The van der Waals surface area contributed by atoms with E-state index in [0.29, 0.717) is 11.5 Å². The van der Waals surface area contributed by atoms with E-state index in [9.17, 15) is 9.59 Å². The van der Waals surface area contributed by atoms with E-state index in [1.807, 2.05) is 78.9 Å². The van der Waals surface area contributed by atoms with Crippen molar-refractivity contribution in [1.29, 1.82) is 0 Å². The number of benzene rings is 3. The minimum absolute atomic E-state index is 0.0408. The van der Waals surface area contributed by atoms with E-state index in [1.165, 1.54) is 5.01 Å². The molecule has 0 spiro atoms. The summed E-state index contributed by atoms with van der Waals surface area (Å²) >= 11 is 0. The average Bonchev–Trinajstić information content (AvgIpc) is 2.76. The topological polar surface area (TPSA) is 71.1 Å². The molecule has 0 aliphatic carbocycles. The van der Waals surface area contributed by atoms with Crippen LogP contribution in [0.5, 0.6) is 11.5 Å². The van der Waals surface area contributed by atoms with Gasteiger partial charge in [0.15, 0.2) is 0 Å². The maximum atomic E-state index is 13.1. The van der Waals surface area contributed by atoms with Crippen LogP contribution >= 0.6 is 0 Å². The van der Waals surface area contributed by atoms with Gasteiger partial charge in [0.05, 0.1) is 6.42 Å². The lowest BCUT2D eigenvalue weighted by Crippen LogP contribution is -2.48. The zero-order valence-electron chi connectivity index (χ0n) is 17.3. The highest BCUT2D eigenvalue weighted by Crippen LogP contribution is 2.45. The molecule has 0 bridgehead atoms. The molecule has 7 heteroatoms. The molecular weight excluding hydrogens is 394 g/mol. The molecule has 0 aromatic heterocycles. The zero-order chi connectivity index (χ0) is 21.8. The van der Waals surface area contributed by atoms with E-state index in [0.717, 1.165) is 21.8 Å². The van der Waals surface area contributed by atoms with Crippen LogP contribution in [0.1, 0.15) is 22.7 Å². The summed E-state index contributed by atoms with van der Waals surface area (Å²) in [5.41, 5.74) is 4.92. The highest BCUT2D eigenvalue weighted by molar-refractivity contribution is 5.79. The van der Waals surface area contributed by atoms with Crippen LogP contribution in [0.4, 0.5) is 4.79 Å². The summed E-state index contributed by atoms with van der Waals surface area (Å²) in [5, 5.41) is 2.59. The Hall–Kier alpha value is -3.84. The number of para-hydroxylation sites is 2. The van der Waals surface area contributed by atoms with Crippen molar-refractivity contribution in [2.75, 3.05) is 14.1 Å². The number of fused-ring (bicyclic) bond motifs is 2. The summed E-state index contributed by atoms with van der Waals surface area (Å²) in [4.78, 5) is 31.6. The summed E-state index contributed by atoms with van der Waals surface area (Å²) in [5.74, 6) is 0.669. The summed E-state index contributed by atoms with van der Waals surface area (Å²) in [7, 11) is 3.38. The van der Waals surface area contributed by atoms with Gasteiger partial charge in [0.25, 0.3) is 0 Å². The van der Waals surface area contributed by atoms with Crippen molar-refractivity contribution in [2.24, 2.45) is 0 Å². The Morgan fingerprint density at radius 3 is 2.00 bits per heavy atom. The molecular formula is C24H23N3O4. The molecule has 1 aliphatic rings. The van der Waals surface area contributed by atoms with Crippen molar-refractivity contribution >= 4 is 12.0 Å². The molecule has 4 rings (SSSR count). The monoisotopic (exact) mass is 417 g/mol. The summed E-state index contributed by atoms with van der Waals surface area (Å²) in [6.45, 7) is 0. The van der Waals surface area contributed by atoms with Gasteiger partial charge in [0.2, 0.25) is 0 Å². The molecule has 31 heavy (non-hydrogen) atoms. The molecule has 1 N–H and O–H groups in total. The smallest absolute Gasteiger partial charge is 0.366 e. The van der Waals surface area contributed by atoms with E-state index in [1.54, 1.807) is 14.1 Å². The molecule has 3 aromatic carbocycles. The summed E-state index contributed by atoms with van der Waals surface area (Å²) < 4.78 is 6.01. The third kappa shape index (κ3) is 4.51. The fourth-order valence-corrected chi connectivity index (χ4v) is 3.49. The second-order valence-electron chi connectivity index (χ2n) is 7.34. The molecule has 1 heterocycles. The molecule has 0 fully saturated rings. The van der Waals surface area contributed by atoms with E-state index in [4.69, 9.17) is 9.57 Å². The number of urea groups is 1. The lowest BCUT2D eigenvalue weighted by Gasteiger charge is -2.35. The van der Waals surface area contributed by atoms with Gasteiger partial charge in [-0.15, -0.1) is 5.06 Å². The molecule has 3 aromatic rings. The van der Waals surface area contributed by atoms with E-state index in [-0.39, 0.29) is 6.42 Å². The third-order valence-corrected chi connectivity index (χ3v) is 4.79. The number of amides is 2. The lowest BCUT2D eigenvalue weighted by molar-refractivity contribution is -0.183. The molecule has 158 valence electrons. The number of ether oxygens (including phenoxy) is 1. The second-order valence-corrected chi connectivity index (χ2v) is 7.34. The van der Waals surface area contributed by atoms with Gasteiger partial charge in [0.1, 0.15) is 17.5 Å². The molecule has 0 radical (unpaired) electrons. The van der Waals surface area contributed by atoms with Gasteiger partial charge in [-0.25, -0.2) is 14.6 Å². The van der Waals surface area contributed by atoms with Crippen LogP contribution in [0.3, 0.4) is 0 Å². The number of hydroxylamine groups is 2. The predicted molar refractivity (Wildman–Crippen MR) is 115 cm³/mol. The van der Waals surface area contributed by atoms with Gasteiger partial charge >= 0.3 is 12.0 Å². The second kappa shape index (κ2) is 8.89. The molecule has 7 nitrogen and oxygen atoms in total. The fourth-order valence-electron chi connectivity index (χ4n) is 3.49. The van der Waals surface area contributed by atoms with Gasteiger partial charge in [0, 0.05) is 25.2 Å². The first-order valence-electron chi connectivity index (χ1n) is 9.90. The molecule has 1 aliphatic heterocycles. The Balaban J connectivity index is 1.71. The van der Waals surface area contributed by atoms with Crippen LogP contribution in [0.15, 0.2) is 78.9 Å². The van der Waals surface area contributed by atoms with Gasteiger partial charge < -0.3 is 9.57 Å². The number of hydrazine groups is 1. The fraction of sp³-hybridized carbons (Fsp3) is 0.167. The standard InChI is InChI=1S/C24H23N3O4/c1-26(2)25-24(29)27(31-22(28)16-17-10-4-3-5-11-17)23-18-12-6-8-14-20(18)30-21-15-9-7-13-19(21)23/h3-15,23H,16H2,1-2H3,(H,25,29). The van der Waals surface area contributed by atoms with Crippen molar-refractivity contribution in [3.05, 3.63) is 95.6 Å². The minimum Gasteiger partial charge on any atom is -0.457 e. The van der Waals surface area contributed by atoms with Crippen LogP contribution in [0, 0.1) is 0 Å². The molecule has 0 unspecified atom stereocenters. The van der Waals surface area contributed by atoms with Crippen molar-refractivity contribution < 1.29 is 19.2 Å². The minimum atomic E-state index is -0.666. The number of hydrogen-bond acceptors (Lipinski definition) is 5.